The standard InChI is InChI=1S/C10H16N2O/c1-7-6-12-3-4-13-10(12)9(7)5-8(2)11/h6,8H,3-5,11H2,1-2H3. The molecule has 3 heteroatoms. The van der Waals surface area contributed by atoms with E-state index in [1.165, 1.54) is 11.1 Å². The fraction of sp³-hybridized carbons (Fsp3) is 0.600. The zero-order valence-electron chi connectivity index (χ0n) is 8.21. The summed E-state index contributed by atoms with van der Waals surface area (Å²) in [5.74, 6) is 1.04. The maximum Gasteiger partial charge on any atom is 0.197 e. The Balaban J connectivity index is 2.33. The lowest BCUT2D eigenvalue weighted by atomic mass is 10.1. The van der Waals surface area contributed by atoms with Gasteiger partial charge in [-0.2, -0.15) is 0 Å². The lowest BCUT2D eigenvalue weighted by Gasteiger charge is -2.06. The predicted molar refractivity (Wildman–Crippen MR) is 52.0 cm³/mol. The normalized spacial score (nSPS) is 16.8. The zero-order chi connectivity index (χ0) is 9.42. The molecule has 0 radical (unpaired) electrons. The van der Waals surface area contributed by atoms with Crippen LogP contribution in [-0.4, -0.2) is 17.2 Å². The van der Waals surface area contributed by atoms with Gasteiger partial charge in [0.05, 0.1) is 6.54 Å². The smallest absolute Gasteiger partial charge is 0.197 e. The Hall–Kier alpha value is -0.960. The minimum atomic E-state index is 0.204. The number of nitrogens with zero attached hydrogens (tertiary/aromatic N) is 1. The number of aromatic nitrogens is 1. The van der Waals surface area contributed by atoms with E-state index in [1.54, 1.807) is 0 Å². The molecule has 1 unspecified atom stereocenters. The molecular formula is C10H16N2O. The second kappa shape index (κ2) is 3.07. The van der Waals surface area contributed by atoms with Gasteiger partial charge in [-0.1, -0.05) is 0 Å². The van der Waals surface area contributed by atoms with Gasteiger partial charge in [0.15, 0.2) is 5.88 Å². The molecule has 2 heterocycles. The van der Waals surface area contributed by atoms with Crippen molar-refractivity contribution in [1.82, 2.24) is 4.57 Å². The molecule has 72 valence electrons. The number of ether oxygens (including phenoxy) is 1. The van der Waals surface area contributed by atoms with E-state index in [2.05, 4.69) is 17.7 Å². The van der Waals surface area contributed by atoms with Crippen LogP contribution in [0.15, 0.2) is 6.20 Å². The lowest BCUT2D eigenvalue weighted by molar-refractivity contribution is 0.352. The van der Waals surface area contributed by atoms with Crippen molar-refractivity contribution < 1.29 is 4.74 Å². The highest BCUT2D eigenvalue weighted by Crippen LogP contribution is 2.29. The van der Waals surface area contributed by atoms with Crippen molar-refractivity contribution in [3.63, 3.8) is 0 Å². The molecule has 0 saturated carbocycles. The van der Waals surface area contributed by atoms with E-state index in [9.17, 15) is 0 Å². The summed E-state index contributed by atoms with van der Waals surface area (Å²) in [5, 5.41) is 0. The van der Waals surface area contributed by atoms with E-state index in [0.717, 1.165) is 25.5 Å². The molecule has 0 fully saturated rings. The summed E-state index contributed by atoms with van der Waals surface area (Å²) >= 11 is 0. The van der Waals surface area contributed by atoms with Crippen LogP contribution in [0.2, 0.25) is 0 Å². The molecule has 3 nitrogen and oxygen atoms in total. The Morgan fingerprint density at radius 1 is 1.69 bits per heavy atom. The van der Waals surface area contributed by atoms with E-state index in [-0.39, 0.29) is 6.04 Å². The largest absolute Gasteiger partial charge is 0.477 e. The summed E-state index contributed by atoms with van der Waals surface area (Å²) in [6, 6.07) is 0.204. The fourth-order valence-corrected chi connectivity index (χ4v) is 1.86. The number of rotatable bonds is 2. The quantitative estimate of drug-likeness (QED) is 0.739. The summed E-state index contributed by atoms with van der Waals surface area (Å²) in [6.45, 7) is 5.93. The van der Waals surface area contributed by atoms with Gasteiger partial charge in [0.25, 0.3) is 0 Å². The molecule has 0 aliphatic carbocycles. The third kappa shape index (κ3) is 1.44. The summed E-state index contributed by atoms with van der Waals surface area (Å²) in [4.78, 5) is 0. The van der Waals surface area contributed by atoms with Gasteiger partial charge in [0, 0.05) is 17.8 Å². The maximum atomic E-state index is 5.78. The highest BCUT2D eigenvalue weighted by molar-refractivity contribution is 5.38. The van der Waals surface area contributed by atoms with Crippen molar-refractivity contribution in [3.8, 4) is 5.88 Å². The highest BCUT2D eigenvalue weighted by atomic mass is 16.5. The first kappa shape index (κ1) is 8.63. The van der Waals surface area contributed by atoms with Gasteiger partial charge in [-0.25, -0.2) is 0 Å². The Labute approximate surface area is 78.5 Å². The van der Waals surface area contributed by atoms with Crippen LogP contribution in [0, 0.1) is 6.92 Å². The highest BCUT2D eigenvalue weighted by Gasteiger charge is 2.19. The van der Waals surface area contributed by atoms with Crippen LogP contribution in [0.4, 0.5) is 0 Å². The van der Waals surface area contributed by atoms with Crippen LogP contribution in [0.3, 0.4) is 0 Å². The van der Waals surface area contributed by atoms with Crippen LogP contribution in [0.1, 0.15) is 18.1 Å². The number of hydrogen-bond donors (Lipinski definition) is 1. The molecule has 1 atom stereocenters. The van der Waals surface area contributed by atoms with Crippen molar-refractivity contribution in [1.29, 1.82) is 0 Å². The van der Waals surface area contributed by atoms with Gasteiger partial charge in [0.2, 0.25) is 0 Å². The van der Waals surface area contributed by atoms with E-state index >= 15 is 0 Å². The average Bonchev–Trinajstić information content (AvgIpc) is 2.55. The molecule has 1 aromatic heterocycles. The summed E-state index contributed by atoms with van der Waals surface area (Å²) in [7, 11) is 0. The summed E-state index contributed by atoms with van der Waals surface area (Å²) in [6.07, 6.45) is 3.06. The van der Waals surface area contributed by atoms with E-state index in [0.29, 0.717) is 0 Å². The minimum Gasteiger partial charge on any atom is -0.477 e. The second-order valence-corrected chi connectivity index (χ2v) is 3.82. The van der Waals surface area contributed by atoms with E-state index in [1.807, 2.05) is 6.92 Å². The molecule has 2 rings (SSSR count). The number of fused-ring (bicyclic) bond motifs is 1. The second-order valence-electron chi connectivity index (χ2n) is 3.82. The van der Waals surface area contributed by atoms with Crippen LogP contribution in [0.5, 0.6) is 5.88 Å². The van der Waals surface area contributed by atoms with Crippen molar-refractivity contribution >= 4 is 0 Å². The minimum absolute atomic E-state index is 0.204. The average molecular weight is 180 g/mol. The number of aryl methyl sites for hydroxylation is 1. The molecule has 0 amide bonds. The molecule has 1 aliphatic heterocycles. The van der Waals surface area contributed by atoms with Gasteiger partial charge >= 0.3 is 0 Å². The first-order valence-corrected chi connectivity index (χ1v) is 4.75. The molecule has 1 aromatic rings. The zero-order valence-corrected chi connectivity index (χ0v) is 8.21. The number of nitrogens with two attached hydrogens (primary N) is 1. The molecule has 0 aromatic carbocycles. The third-order valence-corrected chi connectivity index (χ3v) is 2.44. The van der Waals surface area contributed by atoms with Crippen LogP contribution < -0.4 is 10.5 Å². The Kier molecular flexibility index (Phi) is 2.04. The molecule has 0 saturated heterocycles. The third-order valence-electron chi connectivity index (χ3n) is 2.44. The van der Waals surface area contributed by atoms with Crippen LogP contribution >= 0.6 is 0 Å². The van der Waals surface area contributed by atoms with Gasteiger partial charge < -0.3 is 15.0 Å². The van der Waals surface area contributed by atoms with Gasteiger partial charge in [0.1, 0.15) is 6.61 Å². The summed E-state index contributed by atoms with van der Waals surface area (Å²) < 4.78 is 7.73. The monoisotopic (exact) mass is 180 g/mol. The van der Waals surface area contributed by atoms with Crippen molar-refractivity contribution in [2.75, 3.05) is 6.61 Å². The maximum absolute atomic E-state index is 5.78. The molecule has 1 aliphatic rings. The first-order chi connectivity index (χ1) is 6.18. The SMILES string of the molecule is Cc1cn2c(c1CC(C)N)OCC2. The van der Waals surface area contributed by atoms with Crippen molar-refractivity contribution in [3.05, 3.63) is 17.3 Å². The topological polar surface area (TPSA) is 40.2 Å². The Bertz CT molecular complexity index is 315. The summed E-state index contributed by atoms with van der Waals surface area (Å²) in [5.41, 5.74) is 8.36. The molecule has 2 N–H and O–H groups in total. The first-order valence-electron chi connectivity index (χ1n) is 4.75. The van der Waals surface area contributed by atoms with E-state index < -0.39 is 0 Å². The van der Waals surface area contributed by atoms with Gasteiger partial charge in [-0.15, -0.1) is 0 Å². The van der Waals surface area contributed by atoms with Crippen molar-refractivity contribution in [2.45, 2.75) is 32.9 Å². The molecular weight excluding hydrogens is 164 g/mol. The van der Waals surface area contributed by atoms with Gasteiger partial charge in [-0.05, 0) is 25.8 Å². The van der Waals surface area contributed by atoms with Gasteiger partial charge in [-0.3, -0.25) is 0 Å². The molecule has 0 bridgehead atoms. The lowest BCUT2D eigenvalue weighted by Crippen LogP contribution is -2.18. The van der Waals surface area contributed by atoms with E-state index in [4.69, 9.17) is 10.5 Å². The van der Waals surface area contributed by atoms with Crippen LogP contribution in [-0.2, 0) is 13.0 Å². The molecule has 13 heavy (non-hydrogen) atoms. The predicted octanol–water partition coefficient (Wildman–Crippen LogP) is 1.08. The number of hydrogen-bond acceptors (Lipinski definition) is 2. The molecule has 0 spiro atoms. The fourth-order valence-electron chi connectivity index (χ4n) is 1.86. The Morgan fingerprint density at radius 3 is 3.15 bits per heavy atom. The Morgan fingerprint density at radius 2 is 2.46 bits per heavy atom. The van der Waals surface area contributed by atoms with Crippen molar-refractivity contribution in [2.24, 2.45) is 5.73 Å². The van der Waals surface area contributed by atoms with Crippen LogP contribution in [0.25, 0.3) is 0 Å².